The van der Waals surface area contributed by atoms with Gasteiger partial charge in [-0.15, -0.1) is 0 Å². The van der Waals surface area contributed by atoms with E-state index < -0.39 is 0 Å². The van der Waals surface area contributed by atoms with Gasteiger partial charge in [-0.3, -0.25) is 9.80 Å². The van der Waals surface area contributed by atoms with Gasteiger partial charge >= 0.3 is 0 Å². The van der Waals surface area contributed by atoms with Crippen LogP contribution in [0.2, 0.25) is 0 Å². The first-order valence-corrected chi connectivity index (χ1v) is 10.2. The Balaban J connectivity index is 1.36. The average molecular weight is 376 g/mol. The molecule has 4 heteroatoms. The van der Waals surface area contributed by atoms with Crippen LogP contribution in [0.25, 0.3) is 11.5 Å². The van der Waals surface area contributed by atoms with E-state index in [9.17, 15) is 0 Å². The molecule has 3 aromatic rings. The molecule has 1 aliphatic rings. The molecule has 1 aromatic heterocycles. The van der Waals surface area contributed by atoms with Crippen molar-refractivity contribution < 1.29 is 4.42 Å². The Morgan fingerprint density at radius 2 is 1.89 bits per heavy atom. The zero-order chi connectivity index (χ0) is 19.3. The van der Waals surface area contributed by atoms with Crippen molar-refractivity contribution in [3.63, 3.8) is 0 Å². The van der Waals surface area contributed by atoms with Crippen molar-refractivity contribution in [1.82, 2.24) is 14.8 Å². The summed E-state index contributed by atoms with van der Waals surface area (Å²) in [4.78, 5) is 9.82. The van der Waals surface area contributed by atoms with Gasteiger partial charge in [0.1, 0.15) is 6.26 Å². The number of aryl methyl sites for hydroxylation is 1. The number of rotatable bonds is 7. The minimum absolute atomic E-state index is 0.577. The molecule has 1 atom stereocenters. The van der Waals surface area contributed by atoms with E-state index in [0.717, 1.165) is 44.0 Å². The molecule has 0 aliphatic carbocycles. The van der Waals surface area contributed by atoms with Crippen molar-refractivity contribution in [2.75, 3.05) is 19.6 Å². The third-order valence-electron chi connectivity index (χ3n) is 5.63. The highest BCUT2D eigenvalue weighted by molar-refractivity contribution is 5.53. The lowest BCUT2D eigenvalue weighted by Crippen LogP contribution is -2.37. The standard InChI is InChI=1S/C24H29N3O/c1-3-27(23-13-14-26(17-23)15-20-7-5-4-6-8-20)16-22-18-28-24(25-22)21-11-9-19(2)10-12-21/h4-12,18,23H,3,13-17H2,1-2H3. The van der Waals surface area contributed by atoms with Gasteiger partial charge in [-0.1, -0.05) is 55.0 Å². The van der Waals surface area contributed by atoms with Crippen LogP contribution < -0.4 is 0 Å². The monoisotopic (exact) mass is 375 g/mol. The second kappa shape index (κ2) is 8.72. The molecule has 146 valence electrons. The summed E-state index contributed by atoms with van der Waals surface area (Å²) in [5, 5.41) is 0. The average Bonchev–Trinajstić information content (AvgIpc) is 3.37. The highest BCUT2D eigenvalue weighted by Crippen LogP contribution is 2.22. The highest BCUT2D eigenvalue weighted by Gasteiger charge is 2.27. The normalized spacial score (nSPS) is 17.5. The third kappa shape index (κ3) is 4.51. The minimum atomic E-state index is 0.577. The Morgan fingerprint density at radius 3 is 2.64 bits per heavy atom. The summed E-state index contributed by atoms with van der Waals surface area (Å²) in [7, 11) is 0. The van der Waals surface area contributed by atoms with Gasteiger partial charge in [0.15, 0.2) is 0 Å². The van der Waals surface area contributed by atoms with Gasteiger partial charge in [0.05, 0.1) is 5.69 Å². The smallest absolute Gasteiger partial charge is 0.226 e. The quantitative estimate of drug-likeness (QED) is 0.597. The molecule has 0 N–H and O–H groups in total. The molecule has 2 aromatic carbocycles. The van der Waals surface area contributed by atoms with Crippen molar-refractivity contribution in [2.45, 2.75) is 39.4 Å². The first-order valence-electron chi connectivity index (χ1n) is 10.2. The molecule has 28 heavy (non-hydrogen) atoms. The van der Waals surface area contributed by atoms with Crippen molar-refractivity contribution in [3.05, 3.63) is 77.7 Å². The molecule has 0 bridgehead atoms. The number of hydrogen-bond acceptors (Lipinski definition) is 4. The maximum absolute atomic E-state index is 5.75. The molecule has 0 saturated carbocycles. The molecule has 0 amide bonds. The Hall–Kier alpha value is -2.43. The second-order valence-corrected chi connectivity index (χ2v) is 7.74. The second-order valence-electron chi connectivity index (χ2n) is 7.74. The van der Waals surface area contributed by atoms with Crippen molar-refractivity contribution in [1.29, 1.82) is 0 Å². The minimum Gasteiger partial charge on any atom is -0.444 e. The first kappa shape index (κ1) is 18.9. The highest BCUT2D eigenvalue weighted by atomic mass is 16.3. The Kier molecular flexibility index (Phi) is 5.89. The van der Waals surface area contributed by atoms with Crippen LogP contribution in [-0.2, 0) is 13.1 Å². The lowest BCUT2D eigenvalue weighted by molar-refractivity contribution is 0.190. The fraction of sp³-hybridized carbons (Fsp3) is 0.375. The number of hydrogen-bond donors (Lipinski definition) is 0. The molecule has 2 heterocycles. The summed E-state index contributed by atoms with van der Waals surface area (Å²) in [6.07, 6.45) is 3.03. The van der Waals surface area contributed by atoms with Crippen molar-refractivity contribution >= 4 is 0 Å². The van der Waals surface area contributed by atoms with Gasteiger partial charge in [0.25, 0.3) is 0 Å². The summed E-state index contributed by atoms with van der Waals surface area (Å²) >= 11 is 0. The number of aromatic nitrogens is 1. The van der Waals surface area contributed by atoms with Crippen molar-refractivity contribution in [3.8, 4) is 11.5 Å². The van der Waals surface area contributed by atoms with Crippen molar-refractivity contribution in [2.24, 2.45) is 0 Å². The molecule has 4 nitrogen and oxygen atoms in total. The van der Waals surface area contributed by atoms with Crippen LogP contribution in [0.5, 0.6) is 0 Å². The Morgan fingerprint density at radius 1 is 1.11 bits per heavy atom. The zero-order valence-corrected chi connectivity index (χ0v) is 16.8. The number of likely N-dealkylation sites (tertiary alicyclic amines) is 1. The summed E-state index contributed by atoms with van der Waals surface area (Å²) in [6, 6.07) is 19.7. The molecule has 1 aliphatic heterocycles. The molecule has 1 unspecified atom stereocenters. The van der Waals surface area contributed by atoms with E-state index in [1.54, 1.807) is 0 Å². The van der Waals surface area contributed by atoms with E-state index in [1.807, 2.05) is 6.26 Å². The van der Waals surface area contributed by atoms with Crippen LogP contribution in [0.3, 0.4) is 0 Å². The van der Waals surface area contributed by atoms with E-state index in [0.29, 0.717) is 11.9 Å². The van der Waals surface area contributed by atoms with Gasteiger partial charge in [0, 0.05) is 37.8 Å². The maximum Gasteiger partial charge on any atom is 0.226 e. The predicted octanol–water partition coefficient (Wildman–Crippen LogP) is 4.75. The maximum atomic E-state index is 5.75. The van der Waals surface area contributed by atoms with Crippen LogP contribution in [0.15, 0.2) is 65.3 Å². The van der Waals surface area contributed by atoms with E-state index in [4.69, 9.17) is 9.40 Å². The van der Waals surface area contributed by atoms with Crippen LogP contribution in [0.1, 0.15) is 30.2 Å². The van der Waals surface area contributed by atoms with E-state index in [-0.39, 0.29) is 0 Å². The predicted molar refractivity (Wildman–Crippen MR) is 113 cm³/mol. The molecule has 1 fully saturated rings. The molecule has 0 spiro atoms. The van der Waals surface area contributed by atoms with Gasteiger partial charge in [-0.2, -0.15) is 0 Å². The zero-order valence-electron chi connectivity index (χ0n) is 16.8. The number of likely N-dealkylation sites (N-methyl/N-ethyl adjacent to an activating group) is 1. The van der Waals surface area contributed by atoms with E-state index in [2.05, 4.69) is 78.2 Å². The fourth-order valence-corrected chi connectivity index (χ4v) is 4.01. The summed E-state index contributed by atoms with van der Waals surface area (Å²) in [5.41, 5.74) is 4.69. The van der Waals surface area contributed by atoms with Crippen LogP contribution >= 0.6 is 0 Å². The van der Waals surface area contributed by atoms with Gasteiger partial charge < -0.3 is 4.42 Å². The molecular formula is C24H29N3O. The SMILES string of the molecule is CCN(Cc1coc(-c2ccc(C)cc2)n1)C1CCN(Cc2ccccc2)C1. The molecule has 0 radical (unpaired) electrons. The lowest BCUT2D eigenvalue weighted by Gasteiger charge is -2.27. The largest absolute Gasteiger partial charge is 0.444 e. The summed E-state index contributed by atoms with van der Waals surface area (Å²) in [5.74, 6) is 0.711. The van der Waals surface area contributed by atoms with Crippen LogP contribution in [0.4, 0.5) is 0 Å². The summed E-state index contributed by atoms with van der Waals surface area (Å²) in [6.45, 7) is 9.50. The topological polar surface area (TPSA) is 32.5 Å². The molecular weight excluding hydrogens is 346 g/mol. The van der Waals surface area contributed by atoms with Gasteiger partial charge in [-0.05, 0) is 37.6 Å². The molecule has 4 rings (SSSR count). The van der Waals surface area contributed by atoms with Crippen LogP contribution in [0, 0.1) is 6.92 Å². The number of benzene rings is 2. The van der Waals surface area contributed by atoms with Gasteiger partial charge in [-0.25, -0.2) is 4.98 Å². The Labute approximate surface area is 167 Å². The first-order chi connectivity index (χ1) is 13.7. The number of oxazole rings is 1. The van der Waals surface area contributed by atoms with E-state index in [1.165, 1.54) is 17.5 Å². The number of nitrogens with zero attached hydrogens (tertiary/aromatic N) is 3. The summed E-state index contributed by atoms with van der Waals surface area (Å²) < 4.78 is 5.75. The fourth-order valence-electron chi connectivity index (χ4n) is 4.01. The Bertz CT molecular complexity index is 872. The lowest BCUT2D eigenvalue weighted by atomic mass is 10.1. The van der Waals surface area contributed by atoms with Gasteiger partial charge in [0.2, 0.25) is 5.89 Å². The molecule has 1 saturated heterocycles. The third-order valence-corrected chi connectivity index (χ3v) is 5.63. The van der Waals surface area contributed by atoms with E-state index >= 15 is 0 Å². The van der Waals surface area contributed by atoms with Crippen LogP contribution in [-0.4, -0.2) is 40.5 Å².